The molecule has 76 valence electrons. The van der Waals surface area contributed by atoms with Gasteiger partial charge in [-0.3, -0.25) is 0 Å². The molecule has 0 N–H and O–H groups in total. The van der Waals surface area contributed by atoms with E-state index in [9.17, 15) is 13.6 Å². The van der Waals surface area contributed by atoms with Gasteiger partial charge in [0.1, 0.15) is 0 Å². The molecule has 0 spiro atoms. The van der Waals surface area contributed by atoms with Crippen LogP contribution in [-0.4, -0.2) is 24.7 Å². The minimum atomic E-state index is -3.00. The van der Waals surface area contributed by atoms with E-state index in [1.54, 1.807) is 0 Å². The molecule has 0 bridgehead atoms. The number of esters is 1. The molecule has 4 nitrogen and oxygen atoms in total. The zero-order valence-corrected chi connectivity index (χ0v) is 7.24. The summed E-state index contributed by atoms with van der Waals surface area (Å²) in [5, 5.41) is 0. The zero-order valence-electron chi connectivity index (χ0n) is 7.24. The van der Waals surface area contributed by atoms with Gasteiger partial charge in [0.25, 0.3) is 0 Å². The Kier molecular flexibility index (Phi) is 3.33. The summed E-state index contributed by atoms with van der Waals surface area (Å²) in [4.78, 5) is 14.6. The van der Waals surface area contributed by atoms with Crippen LogP contribution in [0.2, 0.25) is 0 Å². The third-order valence-electron chi connectivity index (χ3n) is 1.37. The first-order valence-electron chi connectivity index (χ1n) is 3.63. The molecule has 0 saturated heterocycles. The standard InChI is InChI=1S/C8H7F2NO3/c1-13-7(12)6-5(14-8(9)10)3-2-4-11-6/h2-4,8H,1H3. The first kappa shape index (κ1) is 10.4. The number of rotatable bonds is 3. The van der Waals surface area contributed by atoms with E-state index in [1.165, 1.54) is 18.3 Å². The van der Waals surface area contributed by atoms with Crippen LogP contribution in [0.3, 0.4) is 0 Å². The number of alkyl halides is 2. The Hall–Kier alpha value is -1.72. The number of nitrogens with zero attached hydrogens (tertiary/aromatic N) is 1. The number of carbonyl (C=O) groups is 1. The molecule has 0 amide bonds. The van der Waals surface area contributed by atoms with Crippen molar-refractivity contribution in [3.63, 3.8) is 0 Å². The largest absolute Gasteiger partial charge is 0.464 e. The number of hydrogen-bond donors (Lipinski definition) is 0. The lowest BCUT2D eigenvalue weighted by Crippen LogP contribution is -2.10. The normalized spacial score (nSPS) is 10.0. The van der Waals surface area contributed by atoms with Crippen LogP contribution in [0.4, 0.5) is 8.78 Å². The van der Waals surface area contributed by atoms with Gasteiger partial charge in [0.2, 0.25) is 0 Å². The molecular formula is C8H7F2NO3. The quantitative estimate of drug-likeness (QED) is 0.698. The first-order valence-corrected chi connectivity index (χ1v) is 3.63. The summed E-state index contributed by atoms with van der Waals surface area (Å²) in [6.07, 6.45) is 1.28. The fourth-order valence-corrected chi connectivity index (χ4v) is 0.832. The van der Waals surface area contributed by atoms with Crippen LogP contribution < -0.4 is 4.74 Å². The Morgan fingerprint density at radius 2 is 2.29 bits per heavy atom. The van der Waals surface area contributed by atoms with Crippen LogP contribution in [0.1, 0.15) is 10.5 Å². The Bertz CT molecular complexity index is 330. The third-order valence-corrected chi connectivity index (χ3v) is 1.37. The van der Waals surface area contributed by atoms with Crippen molar-refractivity contribution < 1.29 is 23.0 Å². The summed E-state index contributed by atoms with van der Waals surface area (Å²) in [5.74, 6) is -1.12. The molecule has 14 heavy (non-hydrogen) atoms. The van der Waals surface area contributed by atoms with Crippen LogP contribution in [0.15, 0.2) is 18.3 Å². The second kappa shape index (κ2) is 4.50. The second-order valence-electron chi connectivity index (χ2n) is 2.22. The smallest absolute Gasteiger partial charge is 0.387 e. The summed E-state index contributed by atoms with van der Waals surface area (Å²) < 4.78 is 32.1. The molecule has 0 aromatic carbocycles. The molecule has 0 saturated carbocycles. The van der Waals surface area contributed by atoms with E-state index in [0.29, 0.717) is 0 Å². The lowest BCUT2D eigenvalue weighted by molar-refractivity contribution is -0.0506. The van der Waals surface area contributed by atoms with E-state index in [4.69, 9.17) is 0 Å². The van der Waals surface area contributed by atoms with Crippen molar-refractivity contribution in [3.05, 3.63) is 24.0 Å². The molecule has 1 heterocycles. The number of ether oxygens (including phenoxy) is 2. The van der Waals surface area contributed by atoms with Gasteiger partial charge in [-0.2, -0.15) is 8.78 Å². The molecule has 0 aliphatic heterocycles. The molecule has 1 aromatic heterocycles. The average molecular weight is 203 g/mol. The Labute approximate surface area is 78.5 Å². The summed E-state index contributed by atoms with van der Waals surface area (Å²) in [6, 6.07) is 2.59. The molecule has 0 aliphatic carbocycles. The Morgan fingerprint density at radius 3 is 2.86 bits per heavy atom. The summed E-state index contributed by atoms with van der Waals surface area (Å²) in [5.41, 5.74) is -0.268. The summed E-state index contributed by atoms with van der Waals surface area (Å²) in [7, 11) is 1.13. The molecule has 0 fully saturated rings. The van der Waals surface area contributed by atoms with Crippen molar-refractivity contribution in [2.24, 2.45) is 0 Å². The SMILES string of the molecule is COC(=O)c1ncccc1OC(F)F. The van der Waals surface area contributed by atoms with Gasteiger partial charge in [0, 0.05) is 6.20 Å². The van der Waals surface area contributed by atoms with Gasteiger partial charge in [-0.15, -0.1) is 0 Å². The summed E-state index contributed by atoms with van der Waals surface area (Å²) in [6.45, 7) is -3.00. The molecule has 0 unspecified atom stereocenters. The van der Waals surface area contributed by atoms with Crippen molar-refractivity contribution in [3.8, 4) is 5.75 Å². The lowest BCUT2D eigenvalue weighted by atomic mass is 10.3. The second-order valence-corrected chi connectivity index (χ2v) is 2.22. The first-order chi connectivity index (χ1) is 6.65. The van der Waals surface area contributed by atoms with Crippen molar-refractivity contribution >= 4 is 5.97 Å². The predicted octanol–water partition coefficient (Wildman–Crippen LogP) is 1.47. The van der Waals surface area contributed by atoms with Crippen LogP contribution in [0.5, 0.6) is 5.75 Å². The van der Waals surface area contributed by atoms with Gasteiger partial charge in [0.15, 0.2) is 11.4 Å². The van der Waals surface area contributed by atoms with Gasteiger partial charge < -0.3 is 9.47 Å². The maximum absolute atomic E-state index is 11.9. The van der Waals surface area contributed by atoms with Crippen LogP contribution in [-0.2, 0) is 4.74 Å². The fourth-order valence-electron chi connectivity index (χ4n) is 0.832. The van der Waals surface area contributed by atoms with E-state index in [0.717, 1.165) is 7.11 Å². The third kappa shape index (κ3) is 2.38. The van der Waals surface area contributed by atoms with Gasteiger partial charge in [0.05, 0.1) is 7.11 Å². The highest BCUT2D eigenvalue weighted by atomic mass is 19.3. The molecule has 0 radical (unpaired) electrons. The van der Waals surface area contributed by atoms with E-state index < -0.39 is 12.6 Å². The maximum atomic E-state index is 11.9. The van der Waals surface area contributed by atoms with Gasteiger partial charge in [-0.25, -0.2) is 9.78 Å². The minimum Gasteiger partial charge on any atom is -0.464 e. The molecule has 6 heteroatoms. The number of halogens is 2. The van der Waals surface area contributed by atoms with Crippen molar-refractivity contribution in [2.45, 2.75) is 6.61 Å². The monoisotopic (exact) mass is 203 g/mol. The van der Waals surface area contributed by atoms with Gasteiger partial charge in [-0.1, -0.05) is 0 Å². The average Bonchev–Trinajstić information content (AvgIpc) is 2.16. The van der Waals surface area contributed by atoms with Crippen LogP contribution in [0, 0.1) is 0 Å². The van der Waals surface area contributed by atoms with Crippen molar-refractivity contribution in [1.82, 2.24) is 4.98 Å². The van der Waals surface area contributed by atoms with E-state index in [2.05, 4.69) is 14.5 Å². The lowest BCUT2D eigenvalue weighted by Gasteiger charge is -2.07. The Morgan fingerprint density at radius 1 is 1.57 bits per heavy atom. The molecule has 1 aromatic rings. The van der Waals surface area contributed by atoms with Crippen LogP contribution >= 0.6 is 0 Å². The highest BCUT2D eigenvalue weighted by Crippen LogP contribution is 2.18. The Balaban J connectivity index is 2.97. The molecule has 0 aliphatic rings. The van der Waals surface area contributed by atoms with Crippen LogP contribution in [0.25, 0.3) is 0 Å². The predicted molar refractivity (Wildman–Crippen MR) is 42.2 cm³/mol. The number of hydrogen-bond acceptors (Lipinski definition) is 4. The minimum absolute atomic E-state index is 0.268. The fraction of sp³-hybridized carbons (Fsp3) is 0.250. The number of aromatic nitrogens is 1. The summed E-state index contributed by atoms with van der Waals surface area (Å²) >= 11 is 0. The highest BCUT2D eigenvalue weighted by molar-refractivity contribution is 5.90. The maximum Gasteiger partial charge on any atom is 0.387 e. The topological polar surface area (TPSA) is 48.4 Å². The molecule has 1 rings (SSSR count). The van der Waals surface area contributed by atoms with Crippen molar-refractivity contribution in [2.75, 3.05) is 7.11 Å². The molecular weight excluding hydrogens is 196 g/mol. The van der Waals surface area contributed by atoms with Gasteiger partial charge in [-0.05, 0) is 12.1 Å². The number of methoxy groups -OCH3 is 1. The molecule has 0 atom stereocenters. The number of pyridine rings is 1. The highest BCUT2D eigenvalue weighted by Gasteiger charge is 2.16. The number of carbonyl (C=O) groups excluding carboxylic acids is 1. The zero-order chi connectivity index (χ0) is 10.6. The van der Waals surface area contributed by atoms with Gasteiger partial charge >= 0.3 is 12.6 Å². The van der Waals surface area contributed by atoms with Crippen molar-refractivity contribution in [1.29, 1.82) is 0 Å². The van der Waals surface area contributed by atoms with E-state index in [1.807, 2.05) is 0 Å². The van der Waals surface area contributed by atoms with E-state index >= 15 is 0 Å². The van der Waals surface area contributed by atoms with E-state index in [-0.39, 0.29) is 11.4 Å².